The number of fused-ring (bicyclic) bond motifs is 1. The summed E-state index contributed by atoms with van der Waals surface area (Å²) in [6, 6.07) is 12.8. The number of aromatic amines is 1. The van der Waals surface area contributed by atoms with Crippen LogP contribution in [0.15, 0.2) is 52.2 Å². The van der Waals surface area contributed by atoms with Crippen LogP contribution in [0.2, 0.25) is 0 Å². The fourth-order valence-corrected chi connectivity index (χ4v) is 4.34. The molecule has 0 radical (unpaired) electrons. The lowest BCUT2D eigenvalue weighted by Gasteiger charge is -2.22. The molecule has 2 aromatic carbocycles. The number of hydrogen-bond donors (Lipinski definition) is 3. The number of aryl methyl sites for hydroxylation is 1. The molecule has 0 unspecified atom stereocenters. The van der Waals surface area contributed by atoms with Gasteiger partial charge in [-0.05, 0) is 67.0 Å². The summed E-state index contributed by atoms with van der Waals surface area (Å²) in [5.74, 6) is 1.02. The van der Waals surface area contributed by atoms with Crippen LogP contribution < -0.4 is 11.0 Å². The summed E-state index contributed by atoms with van der Waals surface area (Å²) in [5.41, 5.74) is 3.39. The number of anilines is 1. The Labute approximate surface area is 201 Å². The molecule has 0 bridgehead atoms. The Hall–Kier alpha value is -2.62. The fourth-order valence-electron chi connectivity index (χ4n) is 3.84. The Morgan fingerprint density at radius 2 is 1.82 bits per heavy atom. The molecular weight excluding hydrogens is 454 g/mol. The van der Waals surface area contributed by atoms with Crippen molar-refractivity contribution in [1.82, 2.24) is 9.55 Å². The largest absolute Gasteiger partial charge is 0.385 e. The third-order valence-electron chi connectivity index (χ3n) is 5.90. The Morgan fingerprint density at radius 3 is 2.41 bits per heavy atom. The van der Waals surface area contributed by atoms with Crippen molar-refractivity contribution in [2.45, 2.75) is 51.5 Å². The van der Waals surface area contributed by atoms with Gasteiger partial charge in [0.25, 0.3) is 10.1 Å². The first-order chi connectivity index (χ1) is 16.2. The molecule has 186 valence electrons. The molecule has 8 nitrogen and oxygen atoms in total. The highest BCUT2D eigenvalue weighted by molar-refractivity contribution is 7.85. The molecule has 4 rings (SSSR count). The highest BCUT2D eigenvalue weighted by atomic mass is 32.2. The van der Waals surface area contributed by atoms with E-state index in [-0.39, 0.29) is 10.6 Å². The average molecular weight is 490 g/mol. The highest BCUT2D eigenvalue weighted by Crippen LogP contribution is 2.21. The van der Waals surface area contributed by atoms with E-state index in [1.54, 1.807) is 0 Å². The fraction of sp³-hybridized carbons (Fsp3) is 0.480. The van der Waals surface area contributed by atoms with Gasteiger partial charge in [0.2, 0.25) is 0 Å². The molecule has 0 spiro atoms. The number of ether oxygens (including phenoxy) is 1. The molecule has 1 aromatic heterocycles. The van der Waals surface area contributed by atoms with Crippen LogP contribution in [0, 0.1) is 11.8 Å². The van der Waals surface area contributed by atoms with Gasteiger partial charge in [0, 0.05) is 32.0 Å². The van der Waals surface area contributed by atoms with Crippen molar-refractivity contribution in [1.29, 1.82) is 0 Å². The maximum Gasteiger partial charge on any atom is 0.326 e. The minimum atomic E-state index is -4.28. The number of H-pyrrole nitrogens is 1. The van der Waals surface area contributed by atoms with Crippen LogP contribution in [-0.4, -0.2) is 42.3 Å². The van der Waals surface area contributed by atoms with E-state index in [1.807, 2.05) is 0 Å². The van der Waals surface area contributed by atoms with Crippen LogP contribution in [-0.2, 0) is 27.8 Å². The van der Waals surface area contributed by atoms with Gasteiger partial charge in [0.15, 0.2) is 0 Å². The molecule has 1 aliphatic rings. The van der Waals surface area contributed by atoms with Gasteiger partial charge in [0.1, 0.15) is 0 Å². The molecule has 34 heavy (non-hydrogen) atoms. The van der Waals surface area contributed by atoms with Gasteiger partial charge in [-0.25, -0.2) is 4.79 Å². The summed E-state index contributed by atoms with van der Waals surface area (Å²) in [7, 11) is -4.28. The lowest BCUT2D eigenvalue weighted by atomic mass is 10.0. The summed E-state index contributed by atoms with van der Waals surface area (Å²) in [6.45, 7) is 9.52. The zero-order chi connectivity index (χ0) is 24.7. The van der Waals surface area contributed by atoms with E-state index in [4.69, 9.17) is 9.29 Å². The first-order valence-corrected chi connectivity index (χ1v) is 13.2. The van der Waals surface area contributed by atoms with Crippen LogP contribution in [0.4, 0.5) is 5.69 Å². The van der Waals surface area contributed by atoms with Gasteiger partial charge in [0.05, 0.1) is 15.9 Å². The Balaban J connectivity index is 0.000000215. The van der Waals surface area contributed by atoms with E-state index in [9.17, 15) is 13.2 Å². The maximum absolute atomic E-state index is 12.0. The van der Waals surface area contributed by atoms with E-state index in [0.29, 0.717) is 42.6 Å². The molecule has 1 aliphatic heterocycles. The van der Waals surface area contributed by atoms with Crippen LogP contribution in [0.1, 0.15) is 39.2 Å². The Kier molecular flexibility index (Phi) is 8.93. The van der Waals surface area contributed by atoms with Gasteiger partial charge in [-0.3, -0.25) is 9.12 Å². The number of nitrogens with zero attached hydrogens (tertiary/aromatic N) is 1. The normalized spacial score (nSPS) is 14.7. The second-order valence-corrected chi connectivity index (χ2v) is 10.5. The first-order valence-electron chi connectivity index (χ1n) is 11.8. The van der Waals surface area contributed by atoms with Gasteiger partial charge in [-0.15, -0.1) is 0 Å². The topological polar surface area (TPSA) is 113 Å². The number of rotatable bonds is 7. The van der Waals surface area contributed by atoms with Gasteiger partial charge < -0.3 is 15.0 Å². The van der Waals surface area contributed by atoms with Crippen molar-refractivity contribution in [2.75, 3.05) is 25.1 Å². The summed E-state index contributed by atoms with van der Waals surface area (Å²) in [4.78, 5) is 14.5. The van der Waals surface area contributed by atoms with Crippen LogP contribution in [0.3, 0.4) is 0 Å². The van der Waals surface area contributed by atoms with E-state index in [1.165, 1.54) is 34.0 Å². The van der Waals surface area contributed by atoms with Crippen molar-refractivity contribution in [3.63, 3.8) is 0 Å². The molecule has 0 aliphatic carbocycles. The zero-order valence-corrected chi connectivity index (χ0v) is 20.9. The molecule has 3 aromatic rings. The third kappa shape index (κ3) is 7.19. The zero-order valence-electron chi connectivity index (χ0n) is 20.1. The average Bonchev–Trinajstić information content (AvgIpc) is 3.13. The monoisotopic (exact) mass is 489 g/mol. The third-order valence-corrected chi connectivity index (χ3v) is 6.75. The predicted molar refractivity (Wildman–Crippen MR) is 135 cm³/mol. The predicted octanol–water partition coefficient (Wildman–Crippen LogP) is 4.32. The maximum atomic E-state index is 12.0. The van der Waals surface area contributed by atoms with E-state index in [0.717, 1.165) is 25.8 Å². The molecule has 9 heteroatoms. The summed E-state index contributed by atoms with van der Waals surface area (Å²) in [5, 5.41) is 3.40. The quantitative estimate of drug-likeness (QED) is 0.426. The number of imidazole rings is 1. The summed E-state index contributed by atoms with van der Waals surface area (Å²) < 4.78 is 38.4. The van der Waals surface area contributed by atoms with Gasteiger partial charge >= 0.3 is 5.69 Å². The molecule has 0 atom stereocenters. The van der Waals surface area contributed by atoms with Crippen molar-refractivity contribution < 1.29 is 17.7 Å². The van der Waals surface area contributed by atoms with E-state index in [2.05, 4.69) is 55.3 Å². The molecular formula is C25H35N3O5S. The molecule has 1 saturated heterocycles. The van der Waals surface area contributed by atoms with Crippen LogP contribution in [0.5, 0.6) is 0 Å². The SMILES string of the molecule is CCc1ccc(NCC(C)C)cc1.O=c1[nH]c2ccc(S(=O)(=O)O)cc2n1CC1CCOCC1. The Morgan fingerprint density at radius 1 is 1.15 bits per heavy atom. The standard InChI is InChI=1S/C13H16N2O5S.C12H19N/c16-13-14-11-2-1-10(21(17,18)19)7-12(11)15(13)8-9-3-5-20-6-4-9;1-4-11-5-7-12(8-6-11)13-9-10(2)3/h1-2,7,9H,3-6,8H2,(H,14,16)(H,17,18,19);5-8,10,13H,4,9H2,1-3H3. The summed E-state index contributed by atoms with van der Waals surface area (Å²) >= 11 is 0. The molecule has 0 amide bonds. The molecule has 1 fully saturated rings. The van der Waals surface area contributed by atoms with E-state index < -0.39 is 10.1 Å². The van der Waals surface area contributed by atoms with Gasteiger partial charge in [-0.2, -0.15) is 8.42 Å². The number of hydrogen-bond acceptors (Lipinski definition) is 5. The number of aromatic nitrogens is 2. The van der Waals surface area contributed by atoms with Crippen molar-refractivity contribution in [3.05, 3.63) is 58.5 Å². The Bertz CT molecular complexity index is 1220. The van der Waals surface area contributed by atoms with Crippen molar-refractivity contribution in [2.24, 2.45) is 11.8 Å². The molecule has 0 saturated carbocycles. The molecule has 2 heterocycles. The van der Waals surface area contributed by atoms with Crippen LogP contribution in [0.25, 0.3) is 11.0 Å². The van der Waals surface area contributed by atoms with E-state index >= 15 is 0 Å². The van der Waals surface area contributed by atoms with Crippen molar-refractivity contribution in [3.8, 4) is 0 Å². The molecule has 3 N–H and O–H groups in total. The smallest absolute Gasteiger partial charge is 0.326 e. The van der Waals surface area contributed by atoms with Crippen molar-refractivity contribution >= 4 is 26.8 Å². The number of benzene rings is 2. The van der Waals surface area contributed by atoms with Gasteiger partial charge in [-0.1, -0.05) is 32.9 Å². The summed E-state index contributed by atoms with van der Waals surface area (Å²) in [6.07, 6.45) is 2.86. The first kappa shape index (κ1) is 26.0. The number of nitrogens with one attached hydrogen (secondary N) is 2. The minimum absolute atomic E-state index is 0.213. The van der Waals surface area contributed by atoms with Crippen LogP contribution >= 0.6 is 0 Å². The second-order valence-electron chi connectivity index (χ2n) is 9.08. The highest BCUT2D eigenvalue weighted by Gasteiger charge is 2.18. The minimum Gasteiger partial charge on any atom is -0.385 e. The lowest BCUT2D eigenvalue weighted by molar-refractivity contribution is 0.0613. The lowest BCUT2D eigenvalue weighted by Crippen LogP contribution is -2.25. The second kappa shape index (κ2) is 11.7.